The number of aromatic nitrogens is 4. The predicted octanol–water partition coefficient (Wildman–Crippen LogP) is -1.21. The van der Waals surface area contributed by atoms with Gasteiger partial charge in [0, 0.05) is 7.11 Å². The number of phosphoric acid groups is 1. The average molecular weight is 361 g/mol. The Hall–Kier alpha value is -1.66. The van der Waals surface area contributed by atoms with Crippen molar-refractivity contribution in [3.63, 3.8) is 0 Å². The predicted molar refractivity (Wildman–Crippen MR) is 78.4 cm³/mol. The minimum atomic E-state index is -4.23. The fraction of sp³-hybridized carbons (Fsp3) is 0.545. The Labute approximate surface area is 135 Å². The first-order valence-electron chi connectivity index (χ1n) is 6.81. The van der Waals surface area contributed by atoms with Crippen LogP contribution in [0, 0.1) is 0 Å². The molecule has 1 aliphatic heterocycles. The number of ether oxygens (including phenoxy) is 1. The van der Waals surface area contributed by atoms with Gasteiger partial charge in [0.1, 0.15) is 30.2 Å². The van der Waals surface area contributed by atoms with Gasteiger partial charge in [0.2, 0.25) is 0 Å². The van der Waals surface area contributed by atoms with Gasteiger partial charge in [-0.15, -0.1) is 0 Å². The summed E-state index contributed by atoms with van der Waals surface area (Å²) in [6, 6.07) is 0. The lowest BCUT2D eigenvalue weighted by atomic mass is 10.1. The van der Waals surface area contributed by atoms with Crippen LogP contribution in [0.2, 0.25) is 0 Å². The van der Waals surface area contributed by atoms with E-state index in [0.29, 0.717) is 11.2 Å². The van der Waals surface area contributed by atoms with Gasteiger partial charge in [0.15, 0.2) is 17.7 Å². The number of fused-ring (bicyclic) bond motifs is 1. The van der Waals surface area contributed by atoms with E-state index in [1.165, 1.54) is 17.2 Å². The first kappa shape index (κ1) is 17.2. The molecule has 0 amide bonds. The standard InChI is InChI=1S/C11H16N5O7P/c1-21-24(19,20)22-2-5-7(17)8(18)11(23-5)16-4-15-6-9(12)13-3-14-10(6)16/h3-5,7-8,11,17-18H,2H2,1H3,(H,19,20)(H2,12,13,14)/t5-,7-,8-,11-/m1/s1. The zero-order valence-electron chi connectivity index (χ0n) is 12.5. The Morgan fingerprint density at radius 2 is 2.12 bits per heavy atom. The highest BCUT2D eigenvalue weighted by Gasteiger charge is 2.45. The summed E-state index contributed by atoms with van der Waals surface area (Å²) in [5.41, 5.74) is 6.33. The van der Waals surface area contributed by atoms with E-state index in [-0.39, 0.29) is 5.82 Å². The molecule has 2 aromatic heterocycles. The second-order valence-electron chi connectivity index (χ2n) is 5.08. The molecule has 0 radical (unpaired) electrons. The Kier molecular flexibility index (Phi) is 4.53. The lowest BCUT2D eigenvalue weighted by Gasteiger charge is -2.16. The maximum atomic E-state index is 11.3. The van der Waals surface area contributed by atoms with E-state index < -0.39 is 39.0 Å². The van der Waals surface area contributed by atoms with Crippen LogP contribution in [0.4, 0.5) is 5.82 Å². The van der Waals surface area contributed by atoms with Gasteiger partial charge in [-0.3, -0.25) is 13.6 Å². The largest absolute Gasteiger partial charge is 0.472 e. The van der Waals surface area contributed by atoms with Gasteiger partial charge in [-0.1, -0.05) is 0 Å². The first-order valence-corrected chi connectivity index (χ1v) is 8.31. The van der Waals surface area contributed by atoms with Crippen molar-refractivity contribution in [1.29, 1.82) is 0 Å². The number of hydrogen-bond donors (Lipinski definition) is 4. The lowest BCUT2D eigenvalue weighted by molar-refractivity contribution is -0.0509. The fourth-order valence-corrected chi connectivity index (χ4v) is 2.81. The number of nitrogen functional groups attached to an aromatic ring is 1. The first-order chi connectivity index (χ1) is 11.3. The molecule has 5 atom stereocenters. The highest BCUT2D eigenvalue weighted by molar-refractivity contribution is 7.47. The molecule has 0 aliphatic carbocycles. The number of imidazole rings is 1. The van der Waals surface area contributed by atoms with Crippen molar-refractivity contribution < 1.29 is 33.5 Å². The molecule has 1 aliphatic rings. The zero-order chi connectivity index (χ0) is 17.5. The normalized spacial score (nSPS) is 29.8. The number of aliphatic hydroxyl groups excluding tert-OH is 2. The fourth-order valence-electron chi connectivity index (χ4n) is 2.37. The zero-order valence-corrected chi connectivity index (χ0v) is 13.4. The summed E-state index contributed by atoms with van der Waals surface area (Å²) in [5, 5.41) is 20.3. The van der Waals surface area contributed by atoms with Crippen molar-refractivity contribution in [2.24, 2.45) is 0 Å². The van der Waals surface area contributed by atoms with Gasteiger partial charge in [0.05, 0.1) is 12.9 Å². The average Bonchev–Trinajstić information content (AvgIpc) is 3.10. The summed E-state index contributed by atoms with van der Waals surface area (Å²) in [6.45, 7) is -0.458. The number of anilines is 1. The quantitative estimate of drug-likeness (QED) is 0.470. The molecule has 132 valence electrons. The topological polar surface area (TPSA) is 175 Å². The Morgan fingerprint density at radius 1 is 1.38 bits per heavy atom. The van der Waals surface area contributed by atoms with Crippen molar-refractivity contribution in [2.75, 3.05) is 19.5 Å². The maximum absolute atomic E-state index is 11.3. The van der Waals surface area contributed by atoms with Crippen LogP contribution in [0.1, 0.15) is 6.23 Å². The summed E-state index contributed by atoms with van der Waals surface area (Å²) < 4.78 is 27.2. The van der Waals surface area contributed by atoms with Crippen molar-refractivity contribution in [3.05, 3.63) is 12.7 Å². The molecule has 0 spiro atoms. The molecule has 5 N–H and O–H groups in total. The van der Waals surface area contributed by atoms with Crippen LogP contribution >= 0.6 is 7.82 Å². The number of rotatable bonds is 5. The molecule has 0 saturated carbocycles. The Balaban J connectivity index is 1.82. The number of nitrogens with zero attached hydrogens (tertiary/aromatic N) is 4. The summed E-state index contributed by atoms with van der Waals surface area (Å²) >= 11 is 0. The number of phosphoric ester groups is 1. The SMILES string of the molecule is COP(=O)(O)OC[C@H]1O[C@@H](n2cnc3c(N)ncnc32)[C@H](O)[C@@H]1O. The van der Waals surface area contributed by atoms with Crippen LogP contribution < -0.4 is 5.73 Å². The van der Waals surface area contributed by atoms with Gasteiger partial charge in [-0.05, 0) is 0 Å². The summed E-state index contributed by atoms with van der Waals surface area (Å²) in [7, 11) is -3.22. The van der Waals surface area contributed by atoms with Crippen molar-refractivity contribution >= 4 is 24.8 Å². The molecule has 13 heteroatoms. The van der Waals surface area contributed by atoms with Crippen LogP contribution in [0.15, 0.2) is 12.7 Å². The van der Waals surface area contributed by atoms with Crippen LogP contribution in [0.5, 0.6) is 0 Å². The Bertz CT molecular complexity index is 785. The van der Waals surface area contributed by atoms with E-state index in [1.807, 2.05) is 0 Å². The molecule has 12 nitrogen and oxygen atoms in total. The number of hydrogen-bond acceptors (Lipinski definition) is 10. The molecular weight excluding hydrogens is 345 g/mol. The second kappa shape index (κ2) is 6.33. The molecular formula is C11H16N5O7P. The highest BCUT2D eigenvalue weighted by atomic mass is 31.2. The third-order valence-corrected chi connectivity index (χ3v) is 4.57. The molecule has 1 saturated heterocycles. The smallest absolute Gasteiger partial charge is 0.387 e. The highest BCUT2D eigenvalue weighted by Crippen LogP contribution is 2.43. The second-order valence-corrected chi connectivity index (χ2v) is 6.64. The third kappa shape index (κ3) is 3.00. The summed E-state index contributed by atoms with van der Waals surface area (Å²) in [4.78, 5) is 21.1. The third-order valence-electron chi connectivity index (χ3n) is 3.63. The van der Waals surface area contributed by atoms with Crippen LogP contribution in [-0.4, -0.2) is 66.7 Å². The van der Waals surface area contributed by atoms with Crippen LogP contribution in [0.25, 0.3) is 11.2 Å². The van der Waals surface area contributed by atoms with Crippen molar-refractivity contribution in [3.8, 4) is 0 Å². The van der Waals surface area contributed by atoms with E-state index in [9.17, 15) is 19.7 Å². The van der Waals surface area contributed by atoms with E-state index >= 15 is 0 Å². The van der Waals surface area contributed by atoms with E-state index in [4.69, 9.17) is 10.5 Å². The van der Waals surface area contributed by atoms with E-state index in [2.05, 4.69) is 24.0 Å². The number of aliphatic hydroxyl groups is 2. The van der Waals surface area contributed by atoms with Crippen molar-refractivity contribution in [1.82, 2.24) is 19.5 Å². The molecule has 0 aromatic carbocycles. The molecule has 1 fully saturated rings. The molecule has 3 rings (SSSR count). The van der Waals surface area contributed by atoms with E-state index in [1.54, 1.807) is 0 Å². The number of nitrogens with two attached hydrogens (primary N) is 1. The minimum Gasteiger partial charge on any atom is -0.387 e. The molecule has 1 unspecified atom stereocenters. The molecule has 3 heterocycles. The van der Waals surface area contributed by atoms with Crippen molar-refractivity contribution in [2.45, 2.75) is 24.5 Å². The molecule has 24 heavy (non-hydrogen) atoms. The molecule has 2 aromatic rings. The van der Waals surface area contributed by atoms with Crippen LogP contribution in [-0.2, 0) is 18.3 Å². The van der Waals surface area contributed by atoms with Gasteiger partial charge >= 0.3 is 7.82 Å². The van der Waals surface area contributed by atoms with Gasteiger partial charge in [0.25, 0.3) is 0 Å². The summed E-state index contributed by atoms with van der Waals surface area (Å²) in [5.74, 6) is 0.160. The Morgan fingerprint density at radius 3 is 2.83 bits per heavy atom. The molecule has 0 bridgehead atoms. The lowest BCUT2D eigenvalue weighted by Crippen LogP contribution is -2.33. The van der Waals surface area contributed by atoms with Gasteiger partial charge in [-0.25, -0.2) is 19.5 Å². The van der Waals surface area contributed by atoms with Gasteiger partial charge < -0.3 is 25.6 Å². The maximum Gasteiger partial charge on any atom is 0.472 e. The summed E-state index contributed by atoms with van der Waals surface area (Å²) in [6.07, 6.45) is -2.22. The van der Waals surface area contributed by atoms with Crippen LogP contribution in [0.3, 0.4) is 0 Å². The van der Waals surface area contributed by atoms with Gasteiger partial charge in [-0.2, -0.15) is 0 Å². The minimum absolute atomic E-state index is 0.160. The van der Waals surface area contributed by atoms with E-state index in [0.717, 1.165) is 7.11 Å². The monoisotopic (exact) mass is 361 g/mol.